The van der Waals surface area contributed by atoms with Gasteiger partial charge < -0.3 is 9.80 Å². The van der Waals surface area contributed by atoms with Crippen LogP contribution in [-0.2, 0) is 0 Å². The molecule has 4 saturated carbocycles. The zero-order valence-corrected chi connectivity index (χ0v) is 22.5. The number of carbonyl (C=O) groups excluding carboxylic acids is 2. The number of nitrogens with zero attached hydrogens (tertiary/aromatic N) is 2. The molecule has 0 N–H and O–H groups in total. The van der Waals surface area contributed by atoms with Gasteiger partial charge in [-0.25, -0.2) is 0 Å². The van der Waals surface area contributed by atoms with Crippen molar-refractivity contribution in [3.05, 3.63) is 35.4 Å². The predicted molar refractivity (Wildman–Crippen MR) is 146 cm³/mol. The lowest BCUT2D eigenvalue weighted by Crippen LogP contribution is -2.49. The van der Waals surface area contributed by atoms with Gasteiger partial charge in [0, 0.05) is 35.3 Å². The summed E-state index contributed by atoms with van der Waals surface area (Å²) in [7, 11) is 0. The van der Waals surface area contributed by atoms with Crippen LogP contribution < -0.4 is 0 Å². The fourth-order valence-electron chi connectivity index (χ4n) is 7.75. The lowest BCUT2D eigenvalue weighted by Gasteiger charge is -2.42. The number of hydrogen-bond acceptors (Lipinski definition) is 2. The highest BCUT2D eigenvalue weighted by Gasteiger charge is 2.35. The quantitative estimate of drug-likeness (QED) is 0.405. The van der Waals surface area contributed by atoms with E-state index in [2.05, 4.69) is 9.80 Å². The summed E-state index contributed by atoms with van der Waals surface area (Å²) in [6.45, 7) is 0. The molecule has 0 spiro atoms. The molecule has 5 rings (SSSR count). The van der Waals surface area contributed by atoms with E-state index in [4.69, 9.17) is 0 Å². The fraction of sp³-hybridized carbons (Fsp3) is 0.750. The maximum atomic E-state index is 13.9. The smallest absolute Gasteiger partial charge is 0.254 e. The summed E-state index contributed by atoms with van der Waals surface area (Å²) in [4.78, 5) is 32.3. The van der Waals surface area contributed by atoms with E-state index in [0.717, 1.165) is 62.5 Å². The lowest BCUT2D eigenvalue weighted by molar-refractivity contribution is 0.0436. The predicted octanol–water partition coefficient (Wildman–Crippen LogP) is 7.90. The molecule has 36 heavy (non-hydrogen) atoms. The van der Waals surface area contributed by atoms with Crippen LogP contribution in [0.3, 0.4) is 0 Å². The molecule has 0 heterocycles. The summed E-state index contributed by atoms with van der Waals surface area (Å²) in [6, 6.07) is 9.38. The SMILES string of the molecule is O=C(c1ccc(C(=O)N(C2CCCCC2)C2CCCCC2)cc1)N(C1CCCCC1)C1CCCCC1. The summed E-state index contributed by atoms with van der Waals surface area (Å²) in [5.41, 5.74) is 1.54. The second-order valence-electron chi connectivity index (χ2n) is 12.2. The van der Waals surface area contributed by atoms with Crippen molar-refractivity contribution in [1.82, 2.24) is 9.80 Å². The molecule has 0 aliphatic heterocycles. The van der Waals surface area contributed by atoms with Crippen molar-refractivity contribution < 1.29 is 9.59 Å². The highest BCUT2D eigenvalue weighted by atomic mass is 16.2. The molecule has 0 atom stereocenters. The zero-order valence-electron chi connectivity index (χ0n) is 22.5. The normalized spacial score (nSPS) is 23.3. The van der Waals surface area contributed by atoms with Crippen molar-refractivity contribution in [2.45, 2.75) is 153 Å². The van der Waals surface area contributed by atoms with Crippen LogP contribution in [-0.4, -0.2) is 45.8 Å². The van der Waals surface area contributed by atoms with Gasteiger partial charge in [0.05, 0.1) is 0 Å². The number of hydrogen-bond donors (Lipinski definition) is 0. The molecular weight excluding hydrogens is 444 g/mol. The summed E-state index contributed by atoms with van der Waals surface area (Å²) in [6.07, 6.45) is 24.4. The first-order valence-electron chi connectivity index (χ1n) is 15.5. The Labute approximate surface area is 219 Å². The van der Waals surface area contributed by atoms with Crippen molar-refractivity contribution in [2.75, 3.05) is 0 Å². The van der Waals surface area contributed by atoms with Crippen molar-refractivity contribution in [3.63, 3.8) is 0 Å². The van der Waals surface area contributed by atoms with Crippen molar-refractivity contribution in [2.24, 2.45) is 0 Å². The Hall–Kier alpha value is -1.84. The third-order valence-electron chi connectivity index (χ3n) is 9.72. The van der Waals surface area contributed by atoms with Gasteiger partial charge in [0.25, 0.3) is 11.8 Å². The molecule has 0 bridgehead atoms. The van der Waals surface area contributed by atoms with E-state index >= 15 is 0 Å². The minimum atomic E-state index is 0.198. The van der Waals surface area contributed by atoms with E-state index in [1.165, 1.54) is 77.0 Å². The number of benzene rings is 1. The molecule has 1 aromatic carbocycles. The van der Waals surface area contributed by atoms with E-state index in [0.29, 0.717) is 24.2 Å². The van der Waals surface area contributed by atoms with Gasteiger partial charge in [-0.05, 0) is 75.6 Å². The van der Waals surface area contributed by atoms with E-state index < -0.39 is 0 Å². The van der Waals surface area contributed by atoms with Crippen molar-refractivity contribution in [1.29, 1.82) is 0 Å². The monoisotopic (exact) mass is 492 g/mol. The van der Waals surface area contributed by atoms with Gasteiger partial charge in [0.1, 0.15) is 0 Å². The Morgan fingerprint density at radius 2 is 0.639 bits per heavy atom. The standard InChI is InChI=1S/C32H48N2O2/c35-31(33(27-13-5-1-6-14-27)28-15-7-2-8-16-28)25-21-23-26(24-22-25)32(36)34(29-17-9-3-10-18-29)30-19-11-4-12-20-30/h21-24,27-30H,1-20H2. The van der Waals surface area contributed by atoms with Crippen LogP contribution in [0.15, 0.2) is 24.3 Å². The van der Waals surface area contributed by atoms with Gasteiger partial charge in [0.15, 0.2) is 0 Å². The van der Waals surface area contributed by atoms with Gasteiger partial charge in [-0.2, -0.15) is 0 Å². The minimum absolute atomic E-state index is 0.198. The van der Waals surface area contributed by atoms with Crippen molar-refractivity contribution in [3.8, 4) is 0 Å². The average molecular weight is 493 g/mol. The van der Waals surface area contributed by atoms with Gasteiger partial charge in [0.2, 0.25) is 0 Å². The van der Waals surface area contributed by atoms with Crippen molar-refractivity contribution >= 4 is 11.8 Å². The highest BCUT2D eigenvalue weighted by molar-refractivity contribution is 5.98. The topological polar surface area (TPSA) is 40.6 Å². The molecule has 4 aliphatic rings. The Balaban J connectivity index is 1.34. The van der Waals surface area contributed by atoms with Crippen LogP contribution in [0.5, 0.6) is 0 Å². The molecule has 4 heteroatoms. The first-order chi connectivity index (χ1) is 17.7. The molecule has 1 aromatic rings. The Morgan fingerprint density at radius 1 is 0.417 bits per heavy atom. The van der Waals surface area contributed by atoms with Crippen LogP contribution in [0.25, 0.3) is 0 Å². The number of amides is 2. The molecule has 4 nitrogen and oxygen atoms in total. The largest absolute Gasteiger partial charge is 0.333 e. The minimum Gasteiger partial charge on any atom is -0.333 e. The Bertz CT molecular complexity index is 734. The molecule has 4 fully saturated rings. The van der Waals surface area contributed by atoms with Crippen LogP contribution in [0.2, 0.25) is 0 Å². The lowest BCUT2D eigenvalue weighted by atomic mass is 9.87. The zero-order chi connectivity index (χ0) is 24.7. The van der Waals surface area contributed by atoms with Crippen LogP contribution in [0, 0.1) is 0 Å². The van der Waals surface area contributed by atoms with Crippen LogP contribution in [0.4, 0.5) is 0 Å². The third-order valence-corrected chi connectivity index (χ3v) is 9.72. The summed E-state index contributed by atoms with van der Waals surface area (Å²) >= 11 is 0. The average Bonchev–Trinajstić information content (AvgIpc) is 2.96. The maximum absolute atomic E-state index is 13.9. The van der Waals surface area contributed by atoms with E-state index in [-0.39, 0.29) is 11.8 Å². The molecule has 2 amide bonds. The second kappa shape index (κ2) is 12.6. The highest BCUT2D eigenvalue weighted by Crippen LogP contribution is 2.33. The van der Waals surface area contributed by atoms with E-state index in [9.17, 15) is 9.59 Å². The molecular formula is C32H48N2O2. The number of carbonyl (C=O) groups is 2. The Morgan fingerprint density at radius 3 is 0.861 bits per heavy atom. The molecule has 0 radical (unpaired) electrons. The molecule has 4 aliphatic carbocycles. The fourth-order valence-corrected chi connectivity index (χ4v) is 7.75. The summed E-state index contributed by atoms with van der Waals surface area (Å²) < 4.78 is 0. The Kier molecular flexibility index (Phi) is 9.03. The molecule has 0 unspecified atom stereocenters. The van der Waals surface area contributed by atoms with Crippen LogP contribution in [0.1, 0.15) is 149 Å². The van der Waals surface area contributed by atoms with E-state index in [1.54, 1.807) is 0 Å². The second-order valence-corrected chi connectivity index (χ2v) is 12.2. The van der Waals surface area contributed by atoms with Gasteiger partial charge >= 0.3 is 0 Å². The number of rotatable bonds is 6. The first kappa shape index (κ1) is 25.8. The molecule has 198 valence electrons. The van der Waals surface area contributed by atoms with Gasteiger partial charge in [-0.3, -0.25) is 9.59 Å². The van der Waals surface area contributed by atoms with Gasteiger partial charge in [-0.15, -0.1) is 0 Å². The van der Waals surface area contributed by atoms with Gasteiger partial charge in [-0.1, -0.05) is 77.0 Å². The third kappa shape index (κ3) is 6.00. The molecule has 0 aromatic heterocycles. The summed E-state index contributed by atoms with van der Waals surface area (Å²) in [5, 5.41) is 0. The van der Waals surface area contributed by atoms with Crippen LogP contribution >= 0.6 is 0 Å². The van der Waals surface area contributed by atoms with E-state index in [1.807, 2.05) is 24.3 Å². The maximum Gasteiger partial charge on any atom is 0.254 e. The summed E-state index contributed by atoms with van der Waals surface area (Å²) in [5.74, 6) is 0.397. The first-order valence-corrected chi connectivity index (χ1v) is 15.5. The molecule has 0 saturated heterocycles.